The summed E-state index contributed by atoms with van der Waals surface area (Å²) in [7, 11) is 0. The molecule has 12 heavy (non-hydrogen) atoms. The Morgan fingerprint density at radius 3 is 3.17 bits per heavy atom. The number of rotatable bonds is 1. The van der Waals surface area contributed by atoms with E-state index < -0.39 is 0 Å². The Labute approximate surface area is 71.6 Å². The molecule has 1 N–H and O–H groups in total. The van der Waals surface area contributed by atoms with Crippen LogP contribution < -0.4 is 5.32 Å². The summed E-state index contributed by atoms with van der Waals surface area (Å²) < 4.78 is 0. The lowest BCUT2D eigenvalue weighted by Gasteiger charge is -2.17. The summed E-state index contributed by atoms with van der Waals surface area (Å²) >= 11 is 0. The van der Waals surface area contributed by atoms with E-state index in [-0.39, 0.29) is 0 Å². The minimum atomic E-state index is 0.833. The van der Waals surface area contributed by atoms with Crippen molar-refractivity contribution in [3.05, 3.63) is 34.9 Å². The largest absolute Gasteiger partial charge is 0.312 e. The highest BCUT2D eigenvalue weighted by molar-refractivity contribution is 5.78. The van der Waals surface area contributed by atoms with Gasteiger partial charge in [0.2, 0.25) is 0 Å². The predicted octanol–water partition coefficient (Wildman–Crippen LogP) is 1.14. The highest BCUT2D eigenvalue weighted by atomic mass is 16.1. The minimum absolute atomic E-state index is 0.833. The standard InChI is InChI=1S/C10H11NO/c12-7-9-3-1-2-8-4-5-11-6-10(8)9/h1-3,7,11H,4-6H2. The molecule has 1 aromatic carbocycles. The number of aldehydes is 1. The normalized spacial score (nSPS) is 15.3. The van der Waals surface area contributed by atoms with E-state index in [1.807, 2.05) is 12.1 Å². The van der Waals surface area contributed by atoms with E-state index in [2.05, 4.69) is 11.4 Å². The Balaban J connectivity index is 2.51. The zero-order chi connectivity index (χ0) is 8.39. The topological polar surface area (TPSA) is 29.1 Å². The van der Waals surface area contributed by atoms with Gasteiger partial charge in [-0.15, -0.1) is 0 Å². The summed E-state index contributed by atoms with van der Waals surface area (Å²) in [4.78, 5) is 10.7. The third-order valence-electron chi connectivity index (χ3n) is 2.31. The SMILES string of the molecule is O=Cc1cccc2c1CNCC2. The Kier molecular flexibility index (Phi) is 1.92. The molecule has 0 saturated carbocycles. The maximum Gasteiger partial charge on any atom is 0.150 e. The van der Waals surface area contributed by atoms with Crippen molar-refractivity contribution in [3.8, 4) is 0 Å². The lowest BCUT2D eigenvalue weighted by molar-refractivity contribution is 0.112. The smallest absolute Gasteiger partial charge is 0.150 e. The van der Waals surface area contributed by atoms with Crippen LogP contribution in [0, 0.1) is 0 Å². The summed E-state index contributed by atoms with van der Waals surface area (Å²) in [5.74, 6) is 0. The highest BCUT2D eigenvalue weighted by Gasteiger charge is 2.10. The number of hydrogen-bond acceptors (Lipinski definition) is 2. The van der Waals surface area contributed by atoms with Crippen molar-refractivity contribution >= 4 is 6.29 Å². The summed E-state index contributed by atoms with van der Waals surface area (Å²) in [6.45, 7) is 1.86. The molecule has 0 spiro atoms. The molecular weight excluding hydrogens is 150 g/mol. The maximum atomic E-state index is 10.7. The summed E-state index contributed by atoms with van der Waals surface area (Å²) in [6.07, 6.45) is 1.98. The molecule has 2 nitrogen and oxygen atoms in total. The number of fused-ring (bicyclic) bond motifs is 1. The van der Waals surface area contributed by atoms with Gasteiger partial charge in [-0.1, -0.05) is 18.2 Å². The molecule has 62 valence electrons. The van der Waals surface area contributed by atoms with Gasteiger partial charge in [-0.25, -0.2) is 0 Å². The molecule has 2 heteroatoms. The van der Waals surface area contributed by atoms with Crippen molar-refractivity contribution in [1.82, 2.24) is 5.32 Å². The molecule has 0 aliphatic carbocycles. The van der Waals surface area contributed by atoms with Crippen LogP contribution in [0.25, 0.3) is 0 Å². The highest BCUT2D eigenvalue weighted by Crippen LogP contribution is 2.16. The van der Waals surface area contributed by atoms with Crippen molar-refractivity contribution in [3.63, 3.8) is 0 Å². The molecule has 1 aliphatic heterocycles. The molecule has 2 rings (SSSR count). The van der Waals surface area contributed by atoms with Crippen molar-refractivity contribution in [2.45, 2.75) is 13.0 Å². The van der Waals surface area contributed by atoms with Crippen molar-refractivity contribution in [2.75, 3.05) is 6.54 Å². The number of benzene rings is 1. The lowest BCUT2D eigenvalue weighted by Crippen LogP contribution is -2.24. The van der Waals surface area contributed by atoms with Gasteiger partial charge in [0.15, 0.2) is 0 Å². The first-order valence-electron chi connectivity index (χ1n) is 4.18. The maximum absolute atomic E-state index is 10.7. The average Bonchev–Trinajstić information content (AvgIpc) is 2.17. The van der Waals surface area contributed by atoms with E-state index in [0.717, 1.165) is 31.4 Å². The molecule has 0 bridgehead atoms. The lowest BCUT2D eigenvalue weighted by atomic mass is 9.97. The van der Waals surface area contributed by atoms with Crippen LogP contribution in [0.4, 0.5) is 0 Å². The summed E-state index contributed by atoms with van der Waals surface area (Å²) in [5.41, 5.74) is 3.33. The van der Waals surface area contributed by atoms with E-state index >= 15 is 0 Å². The van der Waals surface area contributed by atoms with Gasteiger partial charge < -0.3 is 5.32 Å². The number of carbonyl (C=O) groups excluding carboxylic acids is 1. The fourth-order valence-electron chi connectivity index (χ4n) is 1.65. The second-order valence-corrected chi connectivity index (χ2v) is 3.03. The van der Waals surface area contributed by atoms with Crippen LogP contribution in [0.1, 0.15) is 21.5 Å². The molecule has 1 heterocycles. The molecular formula is C10H11NO. The minimum Gasteiger partial charge on any atom is -0.312 e. The number of carbonyl (C=O) groups is 1. The van der Waals surface area contributed by atoms with E-state index in [9.17, 15) is 4.79 Å². The second-order valence-electron chi connectivity index (χ2n) is 3.03. The van der Waals surface area contributed by atoms with Crippen LogP contribution in [-0.4, -0.2) is 12.8 Å². The summed E-state index contributed by atoms with van der Waals surface area (Å²) in [5, 5.41) is 3.26. The predicted molar refractivity (Wildman–Crippen MR) is 47.2 cm³/mol. The third-order valence-corrected chi connectivity index (χ3v) is 2.31. The van der Waals surface area contributed by atoms with Gasteiger partial charge in [-0.3, -0.25) is 4.79 Å². The zero-order valence-corrected chi connectivity index (χ0v) is 6.84. The van der Waals surface area contributed by atoms with Crippen LogP contribution >= 0.6 is 0 Å². The first-order chi connectivity index (χ1) is 5.92. The van der Waals surface area contributed by atoms with Crippen LogP contribution in [0.5, 0.6) is 0 Å². The van der Waals surface area contributed by atoms with Gasteiger partial charge in [0, 0.05) is 12.1 Å². The second kappa shape index (κ2) is 3.07. The van der Waals surface area contributed by atoms with Gasteiger partial charge >= 0.3 is 0 Å². The Morgan fingerprint density at radius 1 is 1.42 bits per heavy atom. The van der Waals surface area contributed by atoms with Gasteiger partial charge in [0.1, 0.15) is 6.29 Å². The molecule has 0 radical (unpaired) electrons. The van der Waals surface area contributed by atoms with Gasteiger partial charge in [-0.2, -0.15) is 0 Å². The van der Waals surface area contributed by atoms with Gasteiger partial charge in [0.05, 0.1) is 0 Å². The van der Waals surface area contributed by atoms with Crippen LogP contribution in [0.3, 0.4) is 0 Å². The van der Waals surface area contributed by atoms with E-state index in [4.69, 9.17) is 0 Å². The Hall–Kier alpha value is -1.15. The zero-order valence-electron chi connectivity index (χ0n) is 6.84. The Morgan fingerprint density at radius 2 is 2.33 bits per heavy atom. The quantitative estimate of drug-likeness (QED) is 0.626. The van der Waals surface area contributed by atoms with Crippen LogP contribution in [0.15, 0.2) is 18.2 Å². The van der Waals surface area contributed by atoms with E-state index in [1.54, 1.807) is 0 Å². The number of hydrogen-bond donors (Lipinski definition) is 1. The van der Waals surface area contributed by atoms with E-state index in [0.29, 0.717) is 0 Å². The molecule has 0 amide bonds. The van der Waals surface area contributed by atoms with Crippen molar-refractivity contribution < 1.29 is 4.79 Å². The average molecular weight is 161 g/mol. The third kappa shape index (κ3) is 1.14. The monoisotopic (exact) mass is 161 g/mol. The molecule has 1 aliphatic rings. The molecule has 0 fully saturated rings. The van der Waals surface area contributed by atoms with Gasteiger partial charge in [-0.05, 0) is 24.1 Å². The van der Waals surface area contributed by atoms with Crippen molar-refractivity contribution in [1.29, 1.82) is 0 Å². The van der Waals surface area contributed by atoms with E-state index in [1.165, 1.54) is 11.1 Å². The molecule has 0 aromatic heterocycles. The molecule has 1 aromatic rings. The van der Waals surface area contributed by atoms with Crippen molar-refractivity contribution in [2.24, 2.45) is 0 Å². The fourth-order valence-corrected chi connectivity index (χ4v) is 1.65. The van der Waals surface area contributed by atoms with Gasteiger partial charge in [0.25, 0.3) is 0 Å². The molecule has 0 saturated heterocycles. The summed E-state index contributed by atoms with van der Waals surface area (Å²) in [6, 6.07) is 5.93. The van der Waals surface area contributed by atoms with Crippen LogP contribution in [-0.2, 0) is 13.0 Å². The number of nitrogens with one attached hydrogen (secondary N) is 1. The Bertz CT molecular complexity index is 307. The first-order valence-corrected chi connectivity index (χ1v) is 4.18. The fraction of sp³-hybridized carbons (Fsp3) is 0.300. The molecule has 0 atom stereocenters. The first kappa shape index (κ1) is 7.50. The van der Waals surface area contributed by atoms with Crippen LogP contribution in [0.2, 0.25) is 0 Å². The molecule has 0 unspecified atom stereocenters.